The largest absolute Gasteiger partial charge is 0.478 e. The average Bonchev–Trinajstić information content (AvgIpc) is 2.69. The van der Waals surface area contributed by atoms with Gasteiger partial charge in [0.1, 0.15) is 17.1 Å². The van der Waals surface area contributed by atoms with Crippen LogP contribution in [0.15, 0.2) is 10.5 Å². The molecule has 1 rings (SSSR count). The maximum absolute atomic E-state index is 11.9. The fourth-order valence-electron chi connectivity index (χ4n) is 1.64. The summed E-state index contributed by atoms with van der Waals surface area (Å²) in [6, 6.07) is 1.47. The fourth-order valence-corrected chi connectivity index (χ4v) is 1.95. The first-order valence-electron chi connectivity index (χ1n) is 5.94. The number of rotatable bonds is 6. The van der Waals surface area contributed by atoms with Gasteiger partial charge >= 0.3 is 5.97 Å². The summed E-state index contributed by atoms with van der Waals surface area (Å²) in [4.78, 5) is 24.3. The Labute approximate surface area is 117 Å². The molecule has 0 aliphatic carbocycles. The Hall–Kier alpha value is -1.43. The first kappa shape index (κ1) is 15.6. The molecule has 5 nitrogen and oxygen atoms in total. The Morgan fingerprint density at radius 3 is 2.63 bits per heavy atom. The summed E-state index contributed by atoms with van der Waals surface area (Å²) in [6.07, 6.45) is 2.43. The predicted molar refractivity (Wildman–Crippen MR) is 74.5 cm³/mol. The molecule has 0 saturated heterocycles. The SMILES string of the molecule is CSC(C)CC(=O)N(C)Cc1cc(C(=O)O)c(C)o1. The predicted octanol–water partition coefficient (Wildman–Crippen LogP) is 2.39. The van der Waals surface area contributed by atoms with E-state index in [4.69, 9.17) is 9.52 Å². The van der Waals surface area contributed by atoms with E-state index < -0.39 is 5.97 Å². The summed E-state index contributed by atoms with van der Waals surface area (Å²) < 4.78 is 5.35. The zero-order valence-corrected chi connectivity index (χ0v) is 12.4. The third-order valence-electron chi connectivity index (χ3n) is 2.88. The number of amides is 1. The zero-order valence-electron chi connectivity index (χ0n) is 11.6. The second kappa shape index (κ2) is 6.65. The van der Waals surface area contributed by atoms with Crippen molar-refractivity contribution in [3.8, 4) is 0 Å². The molecule has 0 radical (unpaired) electrons. The molecule has 0 aromatic carbocycles. The van der Waals surface area contributed by atoms with Crippen LogP contribution in [0.3, 0.4) is 0 Å². The minimum Gasteiger partial charge on any atom is -0.478 e. The van der Waals surface area contributed by atoms with Gasteiger partial charge in [0.25, 0.3) is 0 Å². The van der Waals surface area contributed by atoms with Gasteiger partial charge in [-0.1, -0.05) is 6.92 Å². The number of carboxylic acid groups (broad SMARTS) is 1. The molecule has 1 atom stereocenters. The van der Waals surface area contributed by atoms with Crippen molar-refractivity contribution < 1.29 is 19.1 Å². The number of carbonyl (C=O) groups excluding carboxylic acids is 1. The first-order chi connectivity index (χ1) is 8.85. The van der Waals surface area contributed by atoms with E-state index in [0.29, 0.717) is 17.9 Å². The monoisotopic (exact) mass is 285 g/mol. The molecule has 1 aromatic rings. The van der Waals surface area contributed by atoms with Gasteiger partial charge in [-0.05, 0) is 19.2 Å². The number of aromatic carboxylic acids is 1. The highest BCUT2D eigenvalue weighted by atomic mass is 32.2. The highest BCUT2D eigenvalue weighted by Crippen LogP contribution is 2.17. The van der Waals surface area contributed by atoms with Crippen molar-refractivity contribution in [1.29, 1.82) is 0 Å². The van der Waals surface area contributed by atoms with Crippen LogP contribution in [0.25, 0.3) is 0 Å². The van der Waals surface area contributed by atoms with Crippen molar-refractivity contribution in [2.45, 2.75) is 32.1 Å². The van der Waals surface area contributed by atoms with Crippen molar-refractivity contribution in [3.63, 3.8) is 0 Å². The zero-order chi connectivity index (χ0) is 14.6. The second-order valence-corrected chi connectivity index (χ2v) is 5.76. The van der Waals surface area contributed by atoms with E-state index in [1.807, 2.05) is 13.2 Å². The minimum atomic E-state index is -1.02. The van der Waals surface area contributed by atoms with Crippen LogP contribution < -0.4 is 0 Å². The van der Waals surface area contributed by atoms with Crippen molar-refractivity contribution in [2.75, 3.05) is 13.3 Å². The molecule has 0 fully saturated rings. The maximum Gasteiger partial charge on any atom is 0.339 e. The van der Waals surface area contributed by atoms with Crippen LogP contribution in [-0.2, 0) is 11.3 Å². The molecule has 1 unspecified atom stereocenters. The van der Waals surface area contributed by atoms with Crippen LogP contribution in [0, 0.1) is 6.92 Å². The number of aryl methyl sites for hydroxylation is 1. The Kier molecular flexibility index (Phi) is 5.47. The lowest BCUT2D eigenvalue weighted by molar-refractivity contribution is -0.130. The van der Waals surface area contributed by atoms with E-state index >= 15 is 0 Å². The van der Waals surface area contributed by atoms with Gasteiger partial charge in [0.15, 0.2) is 0 Å². The number of hydrogen-bond donors (Lipinski definition) is 1. The van der Waals surface area contributed by atoms with Crippen LogP contribution in [0.2, 0.25) is 0 Å². The van der Waals surface area contributed by atoms with E-state index in [-0.39, 0.29) is 23.3 Å². The quantitative estimate of drug-likeness (QED) is 0.869. The Balaban J connectivity index is 2.66. The minimum absolute atomic E-state index is 0.0211. The third kappa shape index (κ3) is 4.31. The molecule has 1 N–H and O–H groups in total. The molecule has 106 valence electrons. The molecule has 6 heteroatoms. The van der Waals surface area contributed by atoms with E-state index in [1.165, 1.54) is 6.07 Å². The van der Waals surface area contributed by atoms with Crippen LogP contribution in [0.5, 0.6) is 0 Å². The molecule has 19 heavy (non-hydrogen) atoms. The van der Waals surface area contributed by atoms with Gasteiger partial charge in [-0.3, -0.25) is 4.79 Å². The second-order valence-electron chi connectivity index (χ2n) is 4.49. The summed E-state index contributed by atoms with van der Waals surface area (Å²) in [5.74, 6) is -0.145. The molecule has 0 spiro atoms. The van der Waals surface area contributed by atoms with Gasteiger partial charge in [-0.25, -0.2) is 4.79 Å². The van der Waals surface area contributed by atoms with Gasteiger partial charge in [0, 0.05) is 18.7 Å². The normalized spacial score (nSPS) is 12.2. The Morgan fingerprint density at radius 1 is 1.53 bits per heavy atom. The maximum atomic E-state index is 11.9. The molecule has 1 heterocycles. The summed E-state index contributed by atoms with van der Waals surface area (Å²) in [7, 11) is 1.69. The van der Waals surface area contributed by atoms with Gasteiger partial charge < -0.3 is 14.4 Å². The van der Waals surface area contributed by atoms with Gasteiger partial charge in [-0.15, -0.1) is 0 Å². The van der Waals surface area contributed by atoms with Crippen molar-refractivity contribution in [2.24, 2.45) is 0 Å². The number of carbonyl (C=O) groups is 2. The highest BCUT2D eigenvalue weighted by molar-refractivity contribution is 7.99. The molecule has 1 aromatic heterocycles. The van der Waals surface area contributed by atoms with Crippen LogP contribution in [0.1, 0.15) is 35.2 Å². The highest BCUT2D eigenvalue weighted by Gasteiger charge is 2.17. The van der Waals surface area contributed by atoms with E-state index in [1.54, 1.807) is 30.6 Å². The fraction of sp³-hybridized carbons (Fsp3) is 0.538. The molecular weight excluding hydrogens is 266 g/mol. The third-order valence-corrected chi connectivity index (χ3v) is 3.85. The van der Waals surface area contributed by atoms with Crippen LogP contribution >= 0.6 is 11.8 Å². The summed E-state index contributed by atoms with van der Waals surface area (Å²) in [5.41, 5.74) is 0.147. The number of nitrogens with zero attached hydrogens (tertiary/aromatic N) is 1. The van der Waals surface area contributed by atoms with Gasteiger partial charge in [0.2, 0.25) is 5.91 Å². The van der Waals surface area contributed by atoms with Crippen molar-refractivity contribution in [1.82, 2.24) is 4.90 Å². The lowest BCUT2D eigenvalue weighted by atomic mass is 10.2. The summed E-state index contributed by atoms with van der Waals surface area (Å²) in [6.45, 7) is 3.88. The molecular formula is C13H19NO4S. The summed E-state index contributed by atoms with van der Waals surface area (Å²) >= 11 is 1.64. The molecule has 0 saturated carbocycles. The molecule has 0 aliphatic heterocycles. The number of carboxylic acids is 1. The lowest BCUT2D eigenvalue weighted by Crippen LogP contribution is -2.27. The number of furan rings is 1. The van der Waals surface area contributed by atoms with Crippen molar-refractivity contribution >= 4 is 23.6 Å². The van der Waals surface area contributed by atoms with Gasteiger partial charge in [-0.2, -0.15) is 11.8 Å². The average molecular weight is 285 g/mol. The number of thioether (sulfide) groups is 1. The standard InChI is InChI=1S/C13H19NO4S/c1-8(19-4)5-12(15)14(3)7-10-6-11(13(16)17)9(2)18-10/h6,8H,5,7H2,1-4H3,(H,16,17). The van der Waals surface area contributed by atoms with E-state index in [9.17, 15) is 9.59 Å². The summed E-state index contributed by atoms with van der Waals surface area (Å²) in [5, 5.41) is 9.20. The number of hydrogen-bond acceptors (Lipinski definition) is 4. The molecule has 0 aliphatic rings. The Bertz CT molecular complexity index is 469. The topological polar surface area (TPSA) is 70.8 Å². The van der Waals surface area contributed by atoms with Crippen LogP contribution in [-0.4, -0.2) is 40.4 Å². The van der Waals surface area contributed by atoms with Crippen LogP contribution in [0.4, 0.5) is 0 Å². The van der Waals surface area contributed by atoms with Crippen molar-refractivity contribution in [3.05, 3.63) is 23.2 Å². The first-order valence-corrected chi connectivity index (χ1v) is 7.23. The van der Waals surface area contributed by atoms with E-state index in [2.05, 4.69) is 0 Å². The van der Waals surface area contributed by atoms with Gasteiger partial charge in [0.05, 0.1) is 6.54 Å². The smallest absolute Gasteiger partial charge is 0.339 e. The molecule has 1 amide bonds. The molecule has 0 bridgehead atoms. The lowest BCUT2D eigenvalue weighted by Gasteiger charge is -2.17. The Morgan fingerprint density at radius 2 is 2.16 bits per heavy atom. The van der Waals surface area contributed by atoms with E-state index in [0.717, 1.165) is 0 Å².